The standard InChI is InChI=1S/C22H24N4OS/c1-23-22(24-11-9-16-7-8-20-18(13-16)10-12-27-20)25-14-19-15-28-21(26-19)17-5-3-2-4-6-17/h2-8,13,15H,9-12,14H2,1H3,(H2,23,24,25). The third-order valence-electron chi connectivity index (χ3n) is 4.69. The second kappa shape index (κ2) is 8.89. The first-order valence-corrected chi connectivity index (χ1v) is 10.4. The molecule has 6 heteroatoms. The molecule has 0 unspecified atom stereocenters. The van der Waals surface area contributed by atoms with Gasteiger partial charge >= 0.3 is 0 Å². The van der Waals surface area contributed by atoms with Crippen molar-refractivity contribution < 1.29 is 4.74 Å². The summed E-state index contributed by atoms with van der Waals surface area (Å²) in [5.41, 5.74) is 4.81. The predicted octanol–water partition coefficient (Wildman–Crippen LogP) is 3.65. The highest BCUT2D eigenvalue weighted by Crippen LogP contribution is 2.26. The van der Waals surface area contributed by atoms with Crippen LogP contribution in [0.25, 0.3) is 10.6 Å². The Morgan fingerprint density at radius 3 is 2.93 bits per heavy atom. The lowest BCUT2D eigenvalue weighted by molar-refractivity contribution is 0.357. The van der Waals surface area contributed by atoms with Gasteiger partial charge in [0.25, 0.3) is 0 Å². The molecule has 1 aliphatic heterocycles. The lowest BCUT2D eigenvalue weighted by Crippen LogP contribution is -2.37. The molecule has 0 aliphatic carbocycles. The highest BCUT2D eigenvalue weighted by molar-refractivity contribution is 7.13. The van der Waals surface area contributed by atoms with E-state index >= 15 is 0 Å². The van der Waals surface area contributed by atoms with Gasteiger partial charge in [0.05, 0.1) is 18.8 Å². The smallest absolute Gasteiger partial charge is 0.191 e. The predicted molar refractivity (Wildman–Crippen MR) is 115 cm³/mol. The molecule has 0 radical (unpaired) electrons. The van der Waals surface area contributed by atoms with Crippen molar-refractivity contribution in [1.29, 1.82) is 0 Å². The number of thiazole rings is 1. The molecular formula is C22H24N4OS. The maximum atomic E-state index is 5.57. The fraction of sp³-hybridized carbons (Fsp3) is 0.273. The number of benzene rings is 2. The van der Waals surface area contributed by atoms with Gasteiger partial charge in [-0.1, -0.05) is 42.5 Å². The number of aliphatic imine (C=N–C) groups is 1. The highest BCUT2D eigenvalue weighted by Gasteiger charge is 2.12. The number of ether oxygens (including phenoxy) is 1. The molecule has 2 aromatic carbocycles. The Morgan fingerprint density at radius 2 is 2.07 bits per heavy atom. The van der Waals surface area contributed by atoms with Crippen molar-refractivity contribution in [2.24, 2.45) is 4.99 Å². The van der Waals surface area contributed by atoms with E-state index in [9.17, 15) is 0 Å². The van der Waals surface area contributed by atoms with Crippen LogP contribution in [0.2, 0.25) is 0 Å². The quantitative estimate of drug-likeness (QED) is 0.497. The lowest BCUT2D eigenvalue weighted by Gasteiger charge is -2.11. The Hall–Kier alpha value is -2.86. The van der Waals surface area contributed by atoms with Gasteiger partial charge in [-0.15, -0.1) is 11.3 Å². The van der Waals surface area contributed by atoms with Crippen LogP contribution in [0, 0.1) is 0 Å². The minimum absolute atomic E-state index is 0.652. The summed E-state index contributed by atoms with van der Waals surface area (Å²) in [5, 5.41) is 9.85. The Balaban J connectivity index is 1.26. The van der Waals surface area contributed by atoms with Crippen LogP contribution < -0.4 is 15.4 Å². The summed E-state index contributed by atoms with van der Waals surface area (Å²) in [6.45, 7) is 2.28. The van der Waals surface area contributed by atoms with Crippen molar-refractivity contribution in [3.8, 4) is 16.3 Å². The van der Waals surface area contributed by atoms with E-state index in [-0.39, 0.29) is 0 Å². The topological polar surface area (TPSA) is 58.5 Å². The SMILES string of the molecule is CN=C(NCCc1ccc2c(c1)CCO2)NCc1csc(-c2ccccc2)n1. The maximum Gasteiger partial charge on any atom is 0.191 e. The summed E-state index contributed by atoms with van der Waals surface area (Å²) in [4.78, 5) is 9.02. The molecule has 2 heterocycles. The minimum atomic E-state index is 0.652. The molecule has 3 aromatic rings. The average Bonchev–Trinajstić information content (AvgIpc) is 3.40. The molecule has 4 rings (SSSR count). The Bertz CT molecular complexity index is 952. The van der Waals surface area contributed by atoms with Crippen molar-refractivity contribution in [3.63, 3.8) is 0 Å². The van der Waals surface area contributed by atoms with E-state index in [1.165, 1.54) is 11.1 Å². The van der Waals surface area contributed by atoms with Crippen molar-refractivity contribution in [1.82, 2.24) is 15.6 Å². The third-order valence-corrected chi connectivity index (χ3v) is 5.63. The van der Waals surface area contributed by atoms with Gasteiger partial charge in [0, 0.05) is 31.0 Å². The Morgan fingerprint density at radius 1 is 1.18 bits per heavy atom. The Labute approximate surface area is 169 Å². The summed E-state index contributed by atoms with van der Waals surface area (Å²) >= 11 is 1.67. The summed E-state index contributed by atoms with van der Waals surface area (Å²) in [6.07, 6.45) is 1.96. The first-order chi connectivity index (χ1) is 13.8. The maximum absolute atomic E-state index is 5.57. The van der Waals surface area contributed by atoms with Gasteiger partial charge in [-0.3, -0.25) is 4.99 Å². The van der Waals surface area contributed by atoms with Gasteiger partial charge < -0.3 is 15.4 Å². The molecule has 0 fully saturated rings. The molecule has 5 nitrogen and oxygen atoms in total. The van der Waals surface area contributed by atoms with E-state index < -0.39 is 0 Å². The molecule has 0 saturated carbocycles. The Kier molecular flexibility index (Phi) is 5.87. The fourth-order valence-electron chi connectivity index (χ4n) is 3.22. The van der Waals surface area contributed by atoms with Crippen LogP contribution in [-0.2, 0) is 19.4 Å². The molecule has 1 aromatic heterocycles. The van der Waals surface area contributed by atoms with E-state index in [0.717, 1.165) is 54.0 Å². The molecule has 144 valence electrons. The van der Waals surface area contributed by atoms with E-state index in [4.69, 9.17) is 9.72 Å². The molecule has 28 heavy (non-hydrogen) atoms. The number of nitrogens with one attached hydrogen (secondary N) is 2. The van der Waals surface area contributed by atoms with Crippen LogP contribution in [0.4, 0.5) is 0 Å². The van der Waals surface area contributed by atoms with Gasteiger partial charge in [-0.05, 0) is 23.6 Å². The molecule has 0 atom stereocenters. The second-order valence-corrected chi connectivity index (χ2v) is 7.51. The van der Waals surface area contributed by atoms with Gasteiger partial charge in [0.15, 0.2) is 5.96 Å². The normalized spacial score (nSPS) is 13.1. The van der Waals surface area contributed by atoms with Gasteiger partial charge in [0.1, 0.15) is 10.8 Å². The number of guanidine groups is 1. The van der Waals surface area contributed by atoms with Crippen LogP contribution in [0.1, 0.15) is 16.8 Å². The van der Waals surface area contributed by atoms with Gasteiger partial charge in [0.2, 0.25) is 0 Å². The van der Waals surface area contributed by atoms with Crippen molar-refractivity contribution in [2.45, 2.75) is 19.4 Å². The summed E-state index contributed by atoms with van der Waals surface area (Å²) in [7, 11) is 1.79. The molecule has 0 amide bonds. The van der Waals surface area contributed by atoms with Gasteiger partial charge in [-0.25, -0.2) is 4.98 Å². The number of rotatable bonds is 6. The first kappa shape index (κ1) is 18.5. The summed E-state index contributed by atoms with van der Waals surface area (Å²) < 4.78 is 5.57. The van der Waals surface area contributed by atoms with Crippen molar-refractivity contribution >= 4 is 17.3 Å². The average molecular weight is 393 g/mol. The van der Waals surface area contributed by atoms with E-state index in [0.29, 0.717) is 6.54 Å². The van der Waals surface area contributed by atoms with Crippen LogP contribution in [-0.4, -0.2) is 31.1 Å². The molecular weight excluding hydrogens is 368 g/mol. The van der Waals surface area contributed by atoms with E-state index in [2.05, 4.69) is 51.3 Å². The van der Waals surface area contributed by atoms with Crippen LogP contribution in [0.15, 0.2) is 58.9 Å². The molecule has 0 bridgehead atoms. The largest absolute Gasteiger partial charge is 0.493 e. The zero-order valence-electron chi connectivity index (χ0n) is 15.9. The lowest BCUT2D eigenvalue weighted by atomic mass is 10.1. The number of nitrogens with zero attached hydrogens (tertiary/aromatic N) is 2. The third kappa shape index (κ3) is 4.51. The molecule has 0 spiro atoms. The summed E-state index contributed by atoms with van der Waals surface area (Å²) in [6, 6.07) is 16.7. The fourth-order valence-corrected chi connectivity index (χ4v) is 4.04. The number of hydrogen-bond acceptors (Lipinski definition) is 4. The summed E-state index contributed by atoms with van der Waals surface area (Å²) in [5.74, 6) is 1.83. The number of aromatic nitrogens is 1. The van der Waals surface area contributed by atoms with E-state index in [1.807, 2.05) is 18.2 Å². The second-order valence-electron chi connectivity index (χ2n) is 6.65. The van der Waals surface area contributed by atoms with Crippen molar-refractivity contribution in [3.05, 3.63) is 70.7 Å². The molecule has 0 saturated heterocycles. The number of fused-ring (bicyclic) bond motifs is 1. The molecule has 1 aliphatic rings. The number of hydrogen-bond donors (Lipinski definition) is 2. The zero-order chi connectivity index (χ0) is 19.2. The van der Waals surface area contributed by atoms with E-state index in [1.54, 1.807) is 18.4 Å². The van der Waals surface area contributed by atoms with Crippen LogP contribution >= 0.6 is 11.3 Å². The van der Waals surface area contributed by atoms with Crippen LogP contribution in [0.3, 0.4) is 0 Å². The van der Waals surface area contributed by atoms with Crippen LogP contribution in [0.5, 0.6) is 5.75 Å². The highest BCUT2D eigenvalue weighted by atomic mass is 32.1. The monoisotopic (exact) mass is 392 g/mol. The zero-order valence-corrected chi connectivity index (χ0v) is 16.8. The van der Waals surface area contributed by atoms with Crippen molar-refractivity contribution in [2.75, 3.05) is 20.2 Å². The molecule has 2 N–H and O–H groups in total. The minimum Gasteiger partial charge on any atom is -0.493 e. The van der Waals surface area contributed by atoms with Gasteiger partial charge in [-0.2, -0.15) is 0 Å². The first-order valence-electron chi connectivity index (χ1n) is 9.51.